The summed E-state index contributed by atoms with van der Waals surface area (Å²) in [6, 6.07) is 13.5. The van der Waals surface area contributed by atoms with Gasteiger partial charge in [0.05, 0.1) is 12.8 Å². The number of tetrazole rings is 1. The fourth-order valence-electron chi connectivity index (χ4n) is 4.60. The first-order valence-corrected chi connectivity index (χ1v) is 12.4. The number of aromatic nitrogens is 4. The molecule has 2 aromatic carbocycles. The van der Waals surface area contributed by atoms with Gasteiger partial charge in [0.1, 0.15) is 30.0 Å². The number of carbonyl (C=O) groups excluding carboxylic acids is 2. The average Bonchev–Trinajstić information content (AvgIpc) is 3.69. The molecule has 1 fully saturated rings. The number of hydrogen-bond donors (Lipinski definition) is 1. The summed E-state index contributed by atoms with van der Waals surface area (Å²) in [6.07, 6.45) is 5.26. The second kappa shape index (κ2) is 11.3. The second-order valence-electron chi connectivity index (χ2n) is 9.20. The van der Waals surface area contributed by atoms with Gasteiger partial charge >= 0.3 is 0 Å². The van der Waals surface area contributed by atoms with E-state index in [0.29, 0.717) is 16.9 Å². The highest BCUT2D eigenvalue weighted by Gasteiger charge is 2.34. The van der Waals surface area contributed by atoms with Gasteiger partial charge < -0.3 is 14.6 Å². The number of halogens is 2. The third-order valence-corrected chi connectivity index (χ3v) is 6.51. The molecule has 1 N–H and O–H groups in total. The van der Waals surface area contributed by atoms with Gasteiger partial charge in [0, 0.05) is 11.6 Å². The molecule has 0 spiro atoms. The molecule has 0 radical (unpaired) electrons. The summed E-state index contributed by atoms with van der Waals surface area (Å²) in [4.78, 5) is 29.8. The molecule has 1 unspecified atom stereocenters. The van der Waals surface area contributed by atoms with Gasteiger partial charge in [0.2, 0.25) is 17.6 Å². The lowest BCUT2D eigenvalue weighted by Gasteiger charge is -2.31. The van der Waals surface area contributed by atoms with Gasteiger partial charge in [-0.05, 0) is 72.1 Å². The van der Waals surface area contributed by atoms with Crippen LogP contribution in [0.25, 0.3) is 11.4 Å². The molecule has 0 aliphatic heterocycles. The lowest BCUT2D eigenvalue weighted by molar-refractivity contribution is -0.143. The Labute approximate surface area is 217 Å². The second-order valence-corrected chi connectivity index (χ2v) is 9.20. The molecule has 2 amide bonds. The van der Waals surface area contributed by atoms with Gasteiger partial charge in [-0.1, -0.05) is 25.0 Å². The predicted octanol–water partition coefficient (Wildman–Crippen LogP) is 4.04. The molecule has 1 saturated carbocycles. The Morgan fingerprint density at radius 2 is 1.71 bits per heavy atom. The van der Waals surface area contributed by atoms with Crippen molar-refractivity contribution in [3.8, 4) is 11.4 Å². The SMILES string of the molecule is O=C(NC1CCCC1)C(c1ccc(F)cc1)N(Cc1ccco1)C(=O)Cn1nnc(-c2ccc(F)cc2)n1. The van der Waals surface area contributed by atoms with Crippen LogP contribution in [0.1, 0.15) is 43.0 Å². The molecule has 38 heavy (non-hydrogen) atoms. The van der Waals surface area contributed by atoms with Crippen LogP contribution in [-0.2, 0) is 22.7 Å². The van der Waals surface area contributed by atoms with Crippen LogP contribution >= 0.6 is 0 Å². The maximum absolute atomic E-state index is 13.8. The van der Waals surface area contributed by atoms with E-state index in [9.17, 15) is 18.4 Å². The minimum atomic E-state index is -1.05. The Kier molecular flexibility index (Phi) is 7.52. The summed E-state index contributed by atoms with van der Waals surface area (Å²) in [5.74, 6) is -0.982. The molecule has 2 aromatic heterocycles. The van der Waals surface area contributed by atoms with Crippen LogP contribution in [0.15, 0.2) is 71.3 Å². The van der Waals surface area contributed by atoms with E-state index in [1.165, 1.54) is 59.7 Å². The zero-order valence-corrected chi connectivity index (χ0v) is 20.5. The molecule has 1 atom stereocenters. The topological polar surface area (TPSA) is 106 Å². The van der Waals surface area contributed by atoms with Crippen molar-refractivity contribution in [1.29, 1.82) is 0 Å². The van der Waals surface area contributed by atoms with Gasteiger partial charge in [0.15, 0.2) is 0 Å². The lowest BCUT2D eigenvalue weighted by atomic mass is 10.0. The fraction of sp³-hybridized carbons (Fsp3) is 0.296. The minimum absolute atomic E-state index is 0.00845. The number of nitrogens with one attached hydrogen (secondary N) is 1. The maximum atomic E-state index is 13.8. The van der Waals surface area contributed by atoms with Crippen LogP contribution in [0.5, 0.6) is 0 Å². The van der Waals surface area contributed by atoms with Crippen LogP contribution in [0.4, 0.5) is 8.78 Å². The average molecular weight is 521 g/mol. The summed E-state index contributed by atoms with van der Waals surface area (Å²) in [5.41, 5.74) is 0.998. The third kappa shape index (κ3) is 5.93. The highest BCUT2D eigenvalue weighted by atomic mass is 19.1. The van der Waals surface area contributed by atoms with Gasteiger partial charge in [-0.3, -0.25) is 9.59 Å². The van der Waals surface area contributed by atoms with E-state index >= 15 is 0 Å². The lowest BCUT2D eigenvalue weighted by Crippen LogP contribution is -2.46. The van der Waals surface area contributed by atoms with E-state index in [-0.39, 0.29) is 30.9 Å². The van der Waals surface area contributed by atoms with Crippen LogP contribution in [0.2, 0.25) is 0 Å². The van der Waals surface area contributed by atoms with Crippen molar-refractivity contribution in [3.05, 3.63) is 89.9 Å². The summed E-state index contributed by atoms with van der Waals surface area (Å²) in [6.45, 7) is -0.325. The van der Waals surface area contributed by atoms with Crippen LogP contribution < -0.4 is 5.32 Å². The van der Waals surface area contributed by atoms with Gasteiger partial charge in [0.25, 0.3) is 0 Å². The molecular formula is C27H26F2N6O3. The summed E-state index contributed by atoms with van der Waals surface area (Å²) in [5, 5.41) is 15.3. The first-order chi connectivity index (χ1) is 18.5. The first-order valence-electron chi connectivity index (χ1n) is 12.4. The fourth-order valence-corrected chi connectivity index (χ4v) is 4.60. The Morgan fingerprint density at radius 3 is 2.37 bits per heavy atom. The number of nitrogens with zero attached hydrogens (tertiary/aromatic N) is 5. The van der Waals surface area contributed by atoms with E-state index in [1.807, 2.05) is 0 Å². The first kappa shape index (κ1) is 25.2. The van der Waals surface area contributed by atoms with E-state index in [1.54, 1.807) is 12.1 Å². The van der Waals surface area contributed by atoms with E-state index in [0.717, 1.165) is 30.5 Å². The molecule has 1 aliphatic carbocycles. The molecule has 5 rings (SSSR count). The highest BCUT2D eigenvalue weighted by molar-refractivity contribution is 5.88. The molecule has 9 nitrogen and oxygen atoms in total. The zero-order chi connectivity index (χ0) is 26.5. The predicted molar refractivity (Wildman–Crippen MR) is 132 cm³/mol. The Bertz CT molecular complexity index is 1370. The molecule has 11 heteroatoms. The van der Waals surface area contributed by atoms with Crippen LogP contribution in [-0.4, -0.2) is 43.0 Å². The van der Waals surface area contributed by atoms with Crippen molar-refractivity contribution < 1.29 is 22.8 Å². The molecule has 1 aliphatic rings. The number of carbonyl (C=O) groups is 2. The number of hydrogen-bond acceptors (Lipinski definition) is 6. The van der Waals surface area contributed by atoms with Crippen molar-refractivity contribution >= 4 is 11.8 Å². The number of benzene rings is 2. The van der Waals surface area contributed by atoms with Crippen molar-refractivity contribution in [2.45, 2.75) is 50.9 Å². The van der Waals surface area contributed by atoms with Crippen LogP contribution in [0, 0.1) is 11.6 Å². The van der Waals surface area contributed by atoms with Crippen molar-refractivity contribution in [2.24, 2.45) is 0 Å². The van der Waals surface area contributed by atoms with Gasteiger partial charge in [-0.2, -0.15) is 4.80 Å². The zero-order valence-electron chi connectivity index (χ0n) is 20.5. The number of furan rings is 1. The molecule has 2 heterocycles. The largest absolute Gasteiger partial charge is 0.467 e. The van der Waals surface area contributed by atoms with Gasteiger partial charge in [-0.15, -0.1) is 10.2 Å². The monoisotopic (exact) mass is 520 g/mol. The summed E-state index contributed by atoms with van der Waals surface area (Å²) in [7, 11) is 0. The Hall–Kier alpha value is -4.41. The molecular weight excluding hydrogens is 494 g/mol. The highest BCUT2D eigenvalue weighted by Crippen LogP contribution is 2.27. The summed E-state index contributed by atoms with van der Waals surface area (Å²) < 4.78 is 32.5. The van der Waals surface area contributed by atoms with Crippen molar-refractivity contribution in [1.82, 2.24) is 30.4 Å². The quantitative estimate of drug-likeness (QED) is 0.357. The summed E-state index contributed by atoms with van der Waals surface area (Å²) >= 11 is 0. The molecule has 4 aromatic rings. The third-order valence-electron chi connectivity index (χ3n) is 6.51. The Balaban J connectivity index is 1.44. The van der Waals surface area contributed by atoms with Crippen molar-refractivity contribution in [3.63, 3.8) is 0 Å². The van der Waals surface area contributed by atoms with Gasteiger partial charge in [-0.25, -0.2) is 8.78 Å². The molecule has 0 bridgehead atoms. The maximum Gasteiger partial charge on any atom is 0.247 e. The smallest absolute Gasteiger partial charge is 0.247 e. The number of rotatable bonds is 9. The molecule has 196 valence electrons. The van der Waals surface area contributed by atoms with Crippen LogP contribution in [0.3, 0.4) is 0 Å². The standard InChI is InChI=1S/C27H26F2N6O3/c28-20-11-7-18(8-12-20)25(27(37)30-22-4-1-2-5-22)34(16-23-6-3-15-38-23)24(36)17-35-32-26(31-33-35)19-9-13-21(29)14-10-19/h3,6-15,22,25H,1-2,4-5,16-17H2,(H,30,37). The van der Waals surface area contributed by atoms with E-state index in [4.69, 9.17) is 4.42 Å². The van der Waals surface area contributed by atoms with E-state index in [2.05, 4.69) is 20.7 Å². The Morgan fingerprint density at radius 1 is 1.03 bits per heavy atom. The van der Waals surface area contributed by atoms with E-state index < -0.39 is 23.6 Å². The van der Waals surface area contributed by atoms with Crippen molar-refractivity contribution in [2.75, 3.05) is 0 Å². The normalized spacial score (nSPS) is 14.4. The number of amides is 2. The minimum Gasteiger partial charge on any atom is -0.467 e. The molecule has 0 saturated heterocycles.